The highest BCUT2D eigenvalue weighted by molar-refractivity contribution is 5.83. The number of ether oxygens (including phenoxy) is 1. The number of carboxylic acids is 1. The van der Waals surface area contributed by atoms with Gasteiger partial charge in [0.1, 0.15) is 6.04 Å². The van der Waals surface area contributed by atoms with Gasteiger partial charge in [-0.15, -0.1) is 0 Å². The maximum atomic E-state index is 11.5. The molecule has 1 fully saturated rings. The molecule has 0 bridgehead atoms. The first-order chi connectivity index (χ1) is 8.04. The van der Waals surface area contributed by atoms with E-state index in [1.54, 1.807) is 0 Å². The SMILES string of the molecule is CCOC(C)CNC(=O)NC(C(=O)O)C1CC1. The summed E-state index contributed by atoms with van der Waals surface area (Å²) in [4.78, 5) is 22.3. The zero-order valence-corrected chi connectivity index (χ0v) is 10.2. The fourth-order valence-electron chi connectivity index (χ4n) is 1.58. The van der Waals surface area contributed by atoms with E-state index >= 15 is 0 Å². The number of carbonyl (C=O) groups excluding carboxylic acids is 1. The van der Waals surface area contributed by atoms with E-state index in [1.165, 1.54) is 0 Å². The molecule has 0 aromatic rings. The number of rotatable bonds is 7. The van der Waals surface area contributed by atoms with Crippen molar-refractivity contribution < 1.29 is 19.4 Å². The zero-order valence-electron chi connectivity index (χ0n) is 10.2. The van der Waals surface area contributed by atoms with E-state index in [4.69, 9.17) is 9.84 Å². The number of carboxylic acid groups (broad SMARTS) is 1. The van der Waals surface area contributed by atoms with Crippen LogP contribution in [0.15, 0.2) is 0 Å². The van der Waals surface area contributed by atoms with Crippen molar-refractivity contribution in [2.24, 2.45) is 5.92 Å². The lowest BCUT2D eigenvalue weighted by Crippen LogP contribution is -2.48. The fraction of sp³-hybridized carbons (Fsp3) is 0.818. The van der Waals surface area contributed by atoms with Gasteiger partial charge >= 0.3 is 12.0 Å². The summed E-state index contributed by atoms with van der Waals surface area (Å²) in [6.07, 6.45) is 1.66. The Morgan fingerprint density at radius 3 is 2.59 bits per heavy atom. The molecule has 2 unspecified atom stereocenters. The number of aliphatic carboxylic acids is 1. The van der Waals surface area contributed by atoms with Gasteiger partial charge in [-0.05, 0) is 32.6 Å². The predicted molar refractivity (Wildman–Crippen MR) is 61.8 cm³/mol. The molecule has 0 aromatic carbocycles. The molecule has 0 aromatic heterocycles. The van der Waals surface area contributed by atoms with Crippen LogP contribution in [0.2, 0.25) is 0 Å². The third kappa shape index (κ3) is 5.04. The van der Waals surface area contributed by atoms with Gasteiger partial charge in [-0.1, -0.05) is 0 Å². The van der Waals surface area contributed by atoms with Crippen molar-refractivity contribution in [3.8, 4) is 0 Å². The minimum atomic E-state index is -0.972. The van der Waals surface area contributed by atoms with E-state index in [0.29, 0.717) is 13.2 Å². The number of amides is 2. The van der Waals surface area contributed by atoms with E-state index in [0.717, 1.165) is 12.8 Å². The number of carbonyl (C=O) groups is 2. The van der Waals surface area contributed by atoms with Gasteiger partial charge in [0.2, 0.25) is 0 Å². The van der Waals surface area contributed by atoms with Crippen LogP contribution in [0, 0.1) is 5.92 Å². The molecule has 6 nitrogen and oxygen atoms in total. The molecule has 1 rings (SSSR count). The van der Waals surface area contributed by atoms with Crippen molar-refractivity contribution in [1.82, 2.24) is 10.6 Å². The highest BCUT2D eigenvalue weighted by atomic mass is 16.5. The smallest absolute Gasteiger partial charge is 0.326 e. The molecule has 2 atom stereocenters. The molecule has 6 heteroatoms. The summed E-state index contributed by atoms with van der Waals surface area (Å²) in [7, 11) is 0. The molecule has 0 spiro atoms. The van der Waals surface area contributed by atoms with Gasteiger partial charge < -0.3 is 20.5 Å². The van der Waals surface area contributed by atoms with Crippen molar-refractivity contribution in [2.45, 2.75) is 38.8 Å². The van der Waals surface area contributed by atoms with E-state index < -0.39 is 18.0 Å². The number of hydrogen-bond acceptors (Lipinski definition) is 3. The van der Waals surface area contributed by atoms with Gasteiger partial charge in [0.05, 0.1) is 6.10 Å². The molecule has 1 saturated carbocycles. The van der Waals surface area contributed by atoms with Crippen LogP contribution in [0.1, 0.15) is 26.7 Å². The summed E-state index contributed by atoms with van der Waals surface area (Å²) in [6.45, 7) is 4.68. The Balaban J connectivity index is 2.25. The molecule has 98 valence electrons. The molecular formula is C11H20N2O4. The first-order valence-corrected chi connectivity index (χ1v) is 5.93. The second-order valence-corrected chi connectivity index (χ2v) is 4.27. The van der Waals surface area contributed by atoms with E-state index in [9.17, 15) is 9.59 Å². The third-order valence-corrected chi connectivity index (χ3v) is 2.65. The maximum absolute atomic E-state index is 11.5. The Bertz CT molecular complexity index is 279. The first-order valence-electron chi connectivity index (χ1n) is 5.93. The van der Waals surface area contributed by atoms with Gasteiger partial charge in [0.25, 0.3) is 0 Å². The lowest BCUT2D eigenvalue weighted by Gasteiger charge is -2.16. The van der Waals surface area contributed by atoms with E-state index in [2.05, 4.69) is 10.6 Å². The standard InChI is InChI=1S/C11H20N2O4/c1-3-17-7(2)6-12-11(16)13-9(10(14)15)8-4-5-8/h7-9H,3-6H2,1-2H3,(H,14,15)(H2,12,13,16). The minimum absolute atomic E-state index is 0.0741. The van der Waals surface area contributed by atoms with Crippen molar-refractivity contribution in [3.63, 3.8) is 0 Å². The van der Waals surface area contributed by atoms with Crippen LogP contribution in [-0.2, 0) is 9.53 Å². The summed E-state index contributed by atoms with van der Waals surface area (Å²) in [5.41, 5.74) is 0. The summed E-state index contributed by atoms with van der Waals surface area (Å²) in [6, 6.07) is -1.21. The normalized spacial score (nSPS) is 18.2. The van der Waals surface area contributed by atoms with Gasteiger partial charge in [0.15, 0.2) is 0 Å². The molecule has 17 heavy (non-hydrogen) atoms. The average molecular weight is 244 g/mol. The highest BCUT2D eigenvalue weighted by Crippen LogP contribution is 2.32. The fourth-order valence-corrected chi connectivity index (χ4v) is 1.58. The monoisotopic (exact) mass is 244 g/mol. The molecule has 0 aliphatic heterocycles. The third-order valence-electron chi connectivity index (χ3n) is 2.65. The Morgan fingerprint density at radius 2 is 2.12 bits per heavy atom. The number of nitrogens with one attached hydrogen (secondary N) is 2. The lowest BCUT2D eigenvalue weighted by atomic mass is 10.2. The van der Waals surface area contributed by atoms with Crippen LogP contribution in [0.4, 0.5) is 4.79 Å². The highest BCUT2D eigenvalue weighted by Gasteiger charge is 2.37. The molecule has 2 amide bonds. The van der Waals surface area contributed by atoms with Crippen molar-refractivity contribution >= 4 is 12.0 Å². The van der Waals surface area contributed by atoms with Crippen LogP contribution >= 0.6 is 0 Å². The Labute approximate surface area is 101 Å². The molecule has 1 aliphatic carbocycles. The van der Waals surface area contributed by atoms with Gasteiger partial charge in [-0.2, -0.15) is 0 Å². The van der Waals surface area contributed by atoms with Crippen molar-refractivity contribution in [1.29, 1.82) is 0 Å². The molecule has 0 saturated heterocycles. The van der Waals surface area contributed by atoms with E-state index in [1.807, 2.05) is 13.8 Å². The van der Waals surface area contributed by atoms with E-state index in [-0.39, 0.29) is 12.0 Å². The van der Waals surface area contributed by atoms with Crippen LogP contribution < -0.4 is 10.6 Å². The maximum Gasteiger partial charge on any atom is 0.326 e. The Hall–Kier alpha value is -1.30. The minimum Gasteiger partial charge on any atom is -0.480 e. The van der Waals surface area contributed by atoms with Crippen molar-refractivity contribution in [3.05, 3.63) is 0 Å². The molecule has 1 aliphatic rings. The second-order valence-electron chi connectivity index (χ2n) is 4.27. The quantitative estimate of drug-likeness (QED) is 0.611. The first kappa shape index (κ1) is 13.8. The summed E-state index contributed by atoms with van der Waals surface area (Å²) >= 11 is 0. The molecule has 0 radical (unpaired) electrons. The zero-order chi connectivity index (χ0) is 12.8. The Morgan fingerprint density at radius 1 is 1.47 bits per heavy atom. The second kappa shape index (κ2) is 6.44. The predicted octanol–water partition coefficient (Wildman–Crippen LogP) is 0.574. The van der Waals surface area contributed by atoms with Crippen LogP contribution in [0.5, 0.6) is 0 Å². The number of urea groups is 1. The molecule has 0 heterocycles. The van der Waals surface area contributed by atoms with Crippen LogP contribution in [-0.4, -0.2) is 42.4 Å². The van der Waals surface area contributed by atoms with Gasteiger partial charge in [0, 0.05) is 13.2 Å². The van der Waals surface area contributed by atoms with Crippen molar-refractivity contribution in [2.75, 3.05) is 13.2 Å². The Kier molecular flexibility index (Phi) is 5.21. The lowest BCUT2D eigenvalue weighted by molar-refractivity contribution is -0.139. The van der Waals surface area contributed by atoms with Gasteiger partial charge in [-0.3, -0.25) is 0 Å². The summed E-state index contributed by atoms with van der Waals surface area (Å²) in [5.74, 6) is -0.886. The topological polar surface area (TPSA) is 87.7 Å². The summed E-state index contributed by atoms with van der Waals surface area (Å²) < 4.78 is 5.25. The molecular weight excluding hydrogens is 224 g/mol. The average Bonchev–Trinajstić information content (AvgIpc) is 3.07. The largest absolute Gasteiger partial charge is 0.480 e. The number of hydrogen-bond donors (Lipinski definition) is 3. The summed E-state index contributed by atoms with van der Waals surface area (Å²) in [5, 5.41) is 14.0. The molecule has 3 N–H and O–H groups in total. The van der Waals surface area contributed by atoms with Crippen LogP contribution in [0.3, 0.4) is 0 Å². The van der Waals surface area contributed by atoms with Gasteiger partial charge in [-0.25, -0.2) is 9.59 Å². The van der Waals surface area contributed by atoms with Crippen LogP contribution in [0.25, 0.3) is 0 Å².